The largest absolute Gasteiger partial charge is 0.321 e. The zero-order valence-corrected chi connectivity index (χ0v) is 19.8. The summed E-state index contributed by atoms with van der Waals surface area (Å²) in [5.74, 6) is 0.153. The van der Waals surface area contributed by atoms with Crippen LogP contribution >= 0.6 is 11.6 Å². The van der Waals surface area contributed by atoms with Crippen LogP contribution in [-0.2, 0) is 16.6 Å². The minimum Gasteiger partial charge on any atom is -0.321 e. The third-order valence-corrected chi connectivity index (χ3v) is 7.80. The van der Waals surface area contributed by atoms with Crippen molar-refractivity contribution in [3.05, 3.63) is 76.6 Å². The summed E-state index contributed by atoms with van der Waals surface area (Å²) in [5, 5.41) is 16.2. The van der Waals surface area contributed by atoms with Crippen molar-refractivity contribution in [3.8, 4) is 5.82 Å². The molecule has 0 bridgehead atoms. The number of nitrogens with zero attached hydrogens (tertiary/aromatic N) is 4. The fourth-order valence-electron chi connectivity index (χ4n) is 3.57. The molecule has 1 aliphatic carbocycles. The first-order valence-electron chi connectivity index (χ1n) is 10.7. The van der Waals surface area contributed by atoms with E-state index in [1.54, 1.807) is 35.1 Å². The maximum atomic E-state index is 13.1. The number of sulfonamides is 1. The van der Waals surface area contributed by atoms with Crippen LogP contribution in [0.4, 0.5) is 5.69 Å². The van der Waals surface area contributed by atoms with E-state index in [9.17, 15) is 13.2 Å². The summed E-state index contributed by atoms with van der Waals surface area (Å²) in [5.41, 5.74) is 3.00. The van der Waals surface area contributed by atoms with Gasteiger partial charge in [0.15, 0.2) is 5.82 Å². The van der Waals surface area contributed by atoms with Gasteiger partial charge in [0.05, 0.1) is 38.9 Å². The summed E-state index contributed by atoms with van der Waals surface area (Å²) >= 11 is 6.29. The van der Waals surface area contributed by atoms with Gasteiger partial charge in [-0.2, -0.15) is 10.2 Å². The Hall–Kier alpha value is -3.34. The molecule has 174 valence electrons. The van der Waals surface area contributed by atoms with Gasteiger partial charge in [0.25, 0.3) is 5.91 Å². The summed E-state index contributed by atoms with van der Waals surface area (Å²) in [4.78, 5) is 13.1. The monoisotopic (exact) mass is 496 g/mol. The molecule has 1 amide bonds. The Balaban J connectivity index is 1.39. The Bertz CT molecular complexity index is 1500. The van der Waals surface area contributed by atoms with E-state index in [2.05, 4.69) is 25.3 Å². The molecule has 5 rings (SSSR count). The predicted molar refractivity (Wildman–Crippen MR) is 130 cm³/mol. The Morgan fingerprint density at radius 1 is 1.15 bits per heavy atom. The Labute approximate surface area is 201 Å². The second kappa shape index (κ2) is 8.79. The highest BCUT2D eigenvalue weighted by Crippen LogP contribution is 2.28. The second-order valence-corrected chi connectivity index (χ2v) is 10.6. The quantitative estimate of drug-likeness (QED) is 0.403. The third-order valence-electron chi connectivity index (χ3n) is 5.58. The number of hydrogen-bond acceptors (Lipinski definition) is 6. The first-order chi connectivity index (χ1) is 16.3. The molecule has 11 heteroatoms. The average molecular weight is 497 g/mol. The maximum absolute atomic E-state index is 13.1. The number of fused-ring (bicyclic) bond motifs is 1. The van der Waals surface area contributed by atoms with Crippen LogP contribution in [0.25, 0.3) is 16.7 Å². The van der Waals surface area contributed by atoms with Crippen molar-refractivity contribution >= 4 is 44.1 Å². The van der Waals surface area contributed by atoms with Gasteiger partial charge in [-0.1, -0.05) is 23.7 Å². The van der Waals surface area contributed by atoms with Crippen LogP contribution in [0.2, 0.25) is 5.02 Å². The lowest BCUT2D eigenvalue weighted by atomic mass is 10.1. The molecule has 0 saturated heterocycles. The number of halogens is 1. The smallest absolute Gasteiger partial charge is 0.257 e. The normalized spacial score (nSPS) is 13.8. The lowest BCUT2D eigenvalue weighted by molar-refractivity contribution is 0.102. The van der Waals surface area contributed by atoms with E-state index >= 15 is 0 Å². The van der Waals surface area contributed by atoms with Crippen LogP contribution < -0.4 is 10.0 Å². The number of carbonyl (C=O) groups excluding carboxylic acids is 1. The Kier molecular flexibility index (Phi) is 5.80. The van der Waals surface area contributed by atoms with Gasteiger partial charge < -0.3 is 5.32 Å². The van der Waals surface area contributed by atoms with Gasteiger partial charge in [-0.05, 0) is 61.7 Å². The van der Waals surface area contributed by atoms with E-state index in [0.717, 1.165) is 16.6 Å². The molecule has 0 aliphatic heterocycles. The zero-order valence-electron chi connectivity index (χ0n) is 18.2. The molecule has 0 spiro atoms. The van der Waals surface area contributed by atoms with Crippen LogP contribution in [0.5, 0.6) is 0 Å². The number of rotatable bonds is 7. The fraction of sp³-hybridized carbons (Fsp3) is 0.217. The molecule has 1 saturated carbocycles. The molecule has 1 aliphatic rings. The molecule has 0 unspecified atom stereocenters. The van der Waals surface area contributed by atoms with Crippen LogP contribution in [-0.4, -0.2) is 39.6 Å². The first-order valence-corrected chi connectivity index (χ1v) is 12.6. The van der Waals surface area contributed by atoms with Crippen molar-refractivity contribution in [3.63, 3.8) is 0 Å². The zero-order chi connectivity index (χ0) is 23.9. The molecule has 34 heavy (non-hydrogen) atoms. The number of aromatic nitrogens is 4. The molecule has 4 aromatic rings. The maximum Gasteiger partial charge on any atom is 0.257 e. The molecule has 0 atom stereocenters. The molecule has 2 N–H and O–H groups in total. The van der Waals surface area contributed by atoms with Crippen LogP contribution in [0.1, 0.15) is 34.5 Å². The van der Waals surface area contributed by atoms with Crippen LogP contribution in [0, 0.1) is 6.92 Å². The van der Waals surface area contributed by atoms with Gasteiger partial charge in [-0.25, -0.2) is 17.8 Å². The first kappa shape index (κ1) is 22.5. The van der Waals surface area contributed by atoms with Crippen molar-refractivity contribution < 1.29 is 13.2 Å². The number of anilines is 1. The number of benzene rings is 2. The number of hydrogen-bond donors (Lipinski definition) is 2. The number of nitrogens with one attached hydrogen (secondary N) is 2. The molecule has 1 fully saturated rings. The highest BCUT2D eigenvalue weighted by molar-refractivity contribution is 7.90. The minimum atomic E-state index is -3.33. The standard InChI is InChI=1S/C23H21ClN6O3S/c1-14-5-10-22(29-28-14)30-21-4-2-3-20(18(21)13-25-30)27-23(31)17-11-15(6-9-19(17)24)12-26-34(32,33)16-7-8-16/h2-6,9-11,13,16,26H,7-8,12H2,1H3,(H,27,31). The summed E-state index contributed by atoms with van der Waals surface area (Å²) in [7, 11) is -3.33. The predicted octanol–water partition coefficient (Wildman–Crippen LogP) is 3.61. The van der Waals surface area contributed by atoms with Gasteiger partial charge in [0, 0.05) is 11.9 Å². The fourth-order valence-corrected chi connectivity index (χ4v) is 5.14. The van der Waals surface area contributed by atoms with Gasteiger partial charge in [0.1, 0.15) is 0 Å². The van der Waals surface area contributed by atoms with E-state index in [1.165, 1.54) is 0 Å². The molecule has 2 aromatic heterocycles. The SMILES string of the molecule is Cc1ccc(-n2ncc3c(NC(=O)c4cc(CNS(=O)(=O)C5CC5)ccc4Cl)cccc32)nn1. The topological polar surface area (TPSA) is 119 Å². The van der Waals surface area contributed by atoms with Crippen molar-refractivity contribution in [1.29, 1.82) is 0 Å². The Morgan fingerprint density at radius 3 is 2.71 bits per heavy atom. The van der Waals surface area contributed by atoms with Gasteiger partial charge in [-0.15, -0.1) is 5.10 Å². The summed E-state index contributed by atoms with van der Waals surface area (Å²) in [6, 6.07) is 14.0. The van der Waals surface area contributed by atoms with Gasteiger partial charge in [0.2, 0.25) is 10.0 Å². The second-order valence-electron chi connectivity index (χ2n) is 8.16. The third kappa shape index (κ3) is 4.52. The van der Waals surface area contributed by atoms with Gasteiger partial charge >= 0.3 is 0 Å². The van der Waals surface area contributed by atoms with Crippen molar-refractivity contribution in [2.75, 3.05) is 5.32 Å². The van der Waals surface area contributed by atoms with E-state index < -0.39 is 15.9 Å². The highest BCUT2D eigenvalue weighted by atomic mass is 35.5. The Morgan fingerprint density at radius 2 is 1.97 bits per heavy atom. The van der Waals surface area contributed by atoms with E-state index in [0.29, 0.717) is 29.9 Å². The lowest BCUT2D eigenvalue weighted by Crippen LogP contribution is -2.26. The van der Waals surface area contributed by atoms with Crippen LogP contribution in [0.3, 0.4) is 0 Å². The molecular formula is C23H21ClN6O3S. The molecule has 0 radical (unpaired) electrons. The number of aryl methyl sites for hydroxylation is 1. The van der Waals surface area contributed by atoms with Crippen molar-refractivity contribution in [1.82, 2.24) is 24.7 Å². The molecule has 2 heterocycles. The molecule has 9 nitrogen and oxygen atoms in total. The summed E-state index contributed by atoms with van der Waals surface area (Å²) < 4.78 is 28.5. The average Bonchev–Trinajstić information content (AvgIpc) is 3.60. The van der Waals surface area contributed by atoms with E-state index in [4.69, 9.17) is 11.6 Å². The summed E-state index contributed by atoms with van der Waals surface area (Å²) in [6.45, 7) is 1.95. The molecular weight excluding hydrogens is 476 g/mol. The van der Waals surface area contributed by atoms with E-state index in [1.807, 2.05) is 31.2 Å². The summed E-state index contributed by atoms with van der Waals surface area (Å²) in [6.07, 6.45) is 3.02. The molecule has 2 aromatic carbocycles. The minimum absolute atomic E-state index is 0.0935. The van der Waals surface area contributed by atoms with Crippen molar-refractivity contribution in [2.24, 2.45) is 0 Å². The number of amides is 1. The lowest BCUT2D eigenvalue weighted by Gasteiger charge is -2.11. The van der Waals surface area contributed by atoms with Crippen molar-refractivity contribution in [2.45, 2.75) is 31.6 Å². The van der Waals surface area contributed by atoms with Crippen LogP contribution in [0.15, 0.2) is 54.7 Å². The van der Waals surface area contributed by atoms with Gasteiger partial charge in [-0.3, -0.25) is 4.79 Å². The number of carbonyl (C=O) groups is 1. The highest BCUT2D eigenvalue weighted by Gasteiger charge is 2.35. The van der Waals surface area contributed by atoms with E-state index in [-0.39, 0.29) is 22.4 Å².